The third-order valence-electron chi connectivity index (χ3n) is 3.33. The van der Waals surface area contributed by atoms with Crippen molar-refractivity contribution in [2.45, 2.75) is 25.6 Å². The van der Waals surface area contributed by atoms with Crippen molar-refractivity contribution in [2.75, 3.05) is 11.9 Å². The SMILES string of the molecule is C=C(/C=C(/C1CC=CO1)N(C)c1ccc(C)cn1)C(F)(F)F. The number of anilines is 1. The largest absolute Gasteiger partial charge is 0.492 e. The van der Waals surface area contributed by atoms with Crippen LogP contribution in [0.15, 0.2) is 54.6 Å². The second-order valence-corrected chi connectivity index (χ2v) is 5.08. The summed E-state index contributed by atoms with van der Waals surface area (Å²) in [4.78, 5) is 5.83. The number of ether oxygens (including phenoxy) is 1. The summed E-state index contributed by atoms with van der Waals surface area (Å²) in [5, 5.41) is 0. The van der Waals surface area contributed by atoms with Crippen molar-refractivity contribution in [2.24, 2.45) is 0 Å². The van der Waals surface area contributed by atoms with E-state index in [-0.39, 0.29) is 0 Å². The minimum absolute atomic E-state index is 0.365. The van der Waals surface area contributed by atoms with Gasteiger partial charge in [-0.2, -0.15) is 13.2 Å². The van der Waals surface area contributed by atoms with Gasteiger partial charge in [-0.05, 0) is 30.7 Å². The fraction of sp³-hybridized carbons (Fsp3) is 0.312. The Balaban J connectivity index is 2.33. The molecule has 1 unspecified atom stereocenters. The van der Waals surface area contributed by atoms with Gasteiger partial charge in [-0.3, -0.25) is 0 Å². The van der Waals surface area contributed by atoms with Crippen LogP contribution in [0, 0.1) is 6.92 Å². The Morgan fingerprint density at radius 1 is 1.45 bits per heavy atom. The Morgan fingerprint density at radius 2 is 2.18 bits per heavy atom. The Hall–Kier alpha value is -2.24. The molecule has 0 fully saturated rings. The maximum Gasteiger partial charge on any atom is 0.415 e. The van der Waals surface area contributed by atoms with E-state index in [1.54, 1.807) is 30.3 Å². The molecule has 1 aromatic heterocycles. The van der Waals surface area contributed by atoms with Gasteiger partial charge in [0.1, 0.15) is 11.9 Å². The van der Waals surface area contributed by atoms with Gasteiger partial charge in [-0.1, -0.05) is 12.6 Å². The Bertz CT molecular complexity index is 595. The van der Waals surface area contributed by atoms with Crippen molar-refractivity contribution in [3.63, 3.8) is 0 Å². The highest BCUT2D eigenvalue weighted by Gasteiger charge is 2.32. The van der Waals surface area contributed by atoms with Gasteiger partial charge in [0.05, 0.1) is 17.5 Å². The van der Waals surface area contributed by atoms with Crippen LogP contribution in [0.1, 0.15) is 12.0 Å². The molecule has 6 heteroatoms. The molecule has 0 N–H and O–H groups in total. The quantitative estimate of drug-likeness (QED) is 0.782. The first-order valence-electron chi connectivity index (χ1n) is 6.73. The summed E-state index contributed by atoms with van der Waals surface area (Å²) in [5.41, 5.74) is 0.418. The fourth-order valence-electron chi connectivity index (χ4n) is 2.03. The van der Waals surface area contributed by atoms with Crippen LogP contribution < -0.4 is 4.90 Å². The fourth-order valence-corrected chi connectivity index (χ4v) is 2.03. The zero-order valence-corrected chi connectivity index (χ0v) is 12.4. The van der Waals surface area contributed by atoms with Crippen LogP contribution in [0.3, 0.4) is 0 Å². The summed E-state index contributed by atoms with van der Waals surface area (Å²) in [6, 6.07) is 3.60. The average molecular weight is 310 g/mol. The molecule has 1 atom stereocenters. The van der Waals surface area contributed by atoms with E-state index < -0.39 is 17.9 Å². The molecule has 0 aliphatic carbocycles. The second kappa shape index (κ2) is 6.25. The predicted octanol–water partition coefficient (Wildman–Crippen LogP) is 4.13. The number of hydrogen-bond acceptors (Lipinski definition) is 3. The first-order chi connectivity index (χ1) is 10.3. The number of nitrogens with zero attached hydrogens (tertiary/aromatic N) is 2. The molecule has 1 aliphatic rings. The van der Waals surface area contributed by atoms with Crippen LogP contribution in [0.4, 0.5) is 19.0 Å². The first kappa shape index (κ1) is 16.1. The zero-order valence-electron chi connectivity index (χ0n) is 12.4. The predicted molar refractivity (Wildman–Crippen MR) is 79.3 cm³/mol. The van der Waals surface area contributed by atoms with Crippen molar-refractivity contribution >= 4 is 5.82 Å². The molecule has 1 aliphatic heterocycles. The van der Waals surface area contributed by atoms with Crippen LogP contribution >= 0.6 is 0 Å². The van der Waals surface area contributed by atoms with E-state index in [4.69, 9.17) is 4.74 Å². The number of hydrogen-bond donors (Lipinski definition) is 0. The number of pyridine rings is 1. The molecule has 0 saturated carbocycles. The van der Waals surface area contributed by atoms with Crippen molar-refractivity contribution in [1.29, 1.82) is 0 Å². The van der Waals surface area contributed by atoms with E-state index in [0.29, 0.717) is 17.9 Å². The van der Waals surface area contributed by atoms with E-state index in [1.165, 1.54) is 6.26 Å². The van der Waals surface area contributed by atoms with Gasteiger partial charge in [0.25, 0.3) is 0 Å². The standard InChI is InChI=1S/C16H17F3N2O/c1-11-6-7-15(20-10-11)21(3)13(14-5-4-8-22-14)9-12(2)16(17,18)19/h4,6-10,14H,2,5H2,1,3H3/b13-9-. The number of alkyl halides is 3. The maximum absolute atomic E-state index is 12.8. The van der Waals surface area contributed by atoms with Crippen LogP contribution in [0.25, 0.3) is 0 Å². The minimum atomic E-state index is -4.47. The summed E-state index contributed by atoms with van der Waals surface area (Å²) in [7, 11) is 1.66. The number of aromatic nitrogens is 1. The lowest BCUT2D eigenvalue weighted by Gasteiger charge is -2.26. The van der Waals surface area contributed by atoms with Crippen molar-refractivity contribution in [3.05, 3.63) is 60.2 Å². The number of halogens is 3. The lowest BCUT2D eigenvalue weighted by atomic mass is 10.1. The molecule has 0 saturated heterocycles. The lowest BCUT2D eigenvalue weighted by Crippen LogP contribution is -2.28. The van der Waals surface area contributed by atoms with Crippen molar-refractivity contribution < 1.29 is 17.9 Å². The van der Waals surface area contributed by atoms with Crippen LogP contribution in [0.2, 0.25) is 0 Å². The topological polar surface area (TPSA) is 25.4 Å². The highest BCUT2D eigenvalue weighted by atomic mass is 19.4. The third-order valence-corrected chi connectivity index (χ3v) is 3.33. The molecule has 0 aromatic carbocycles. The second-order valence-electron chi connectivity index (χ2n) is 5.08. The molecule has 2 rings (SSSR count). The molecular formula is C16H17F3N2O. The Kier molecular flexibility index (Phi) is 4.59. The van der Waals surface area contributed by atoms with Gasteiger partial charge >= 0.3 is 6.18 Å². The maximum atomic E-state index is 12.8. The lowest BCUT2D eigenvalue weighted by molar-refractivity contribution is -0.0879. The molecule has 0 spiro atoms. The molecule has 0 amide bonds. The van der Waals surface area contributed by atoms with E-state index in [1.807, 2.05) is 13.0 Å². The monoisotopic (exact) mass is 310 g/mol. The molecule has 1 aromatic rings. The highest BCUT2D eigenvalue weighted by Crippen LogP contribution is 2.30. The summed E-state index contributed by atoms with van der Waals surface area (Å²) >= 11 is 0. The average Bonchev–Trinajstić information content (AvgIpc) is 2.97. The Morgan fingerprint density at radius 3 is 2.68 bits per heavy atom. The molecule has 0 radical (unpaired) electrons. The normalized spacial score (nSPS) is 18.2. The molecule has 0 bridgehead atoms. The van der Waals surface area contributed by atoms with Crippen molar-refractivity contribution in [3.8, 4) is 0 Å². The molecule has 3 nitrogen and oxygen atoms in total. The summed E-state index contributed by atoms with van der Waals surface area (Å²) in [6.07, 6.45) is 1.49. The van der Waals surface area contributed by atoms with Crippen LogP contribution in [-0.2, 0) is 4.74 Å². The number of likely N-dealkylation sites (N-methyl/N-ethyl adjacent to an activating group) is 1. The molecular weight excluding hydrogens is 293 g/mol. The van der Waals surface area contributed by atoms with Gasteiger partial charge in [-0.25, -0.2) is 4.98 Å². The van der Waals surface area contributed by atoms with Gasteiger partial charge in [-0.15, -0.1) is 0 Å². The molecule has 22 heavy (non-hydrogen) atoms. The van der Waals surface area contributed by atoms with E-state index in [2.05, 4.69) is 11.6 Å². The van der Waals surface area contributed by atoms with E-state index in [0.717, 1.165) is 11.6 Å². The molecule has 118 valence electrons. The molecule has 2 heterocycles. The number of aryl methyl sites for hydroxylation is 1. The van der Waals surface area contributed by atoms with E-state index in [9.17, 15) is 13.2 Å². The summed E-state index contributed by atoms with van der Waals surface area (Å²) in [5.74, 6) is 0.544. The third kappa shape index (κ3) is 3.69. The summed E-state index contributed by atoms with van der Waals surface area (Å²) < 4.78 is 43.7. The summed E-state index contributed by atoms with van der Waals surface area (Å²) in [6.45, 7) is 4.99. The number of allylic oxidation sites excluding steroid dienone is 2. The zero-order chi connectivity index (χ0) is 16.3. The Labute approximate surface area is 127 Å². The smallest absolute Gasteiger partial charge is 0.415 e. The highest BCUT2D eigenvalue weighted by molar-refractivity contribution is 5.49. The van der Waals surface area contributed by atoms with Gasteiger partial charge in [0.2, 0.25) is 0 Å². The van der Waals surface area contributed by atoms with Crippen LogP contribution in [-0.4, -0.2) is 24.3 Å². The van der Waals surface area contributed by atoms with E-state index >= 15 is 0 Å². The van der Waals surface area contributed by atoms with Gasteiger partial charge in [0.15, 0.2) is 0 Å². The van der Waals surface area contributed by atoms with Crippen LogP contribution in [0.5, 0.6) is 0 Å². The van der Waals surface area contributed by atoms with Gasteiger partial charge < -0.3 is 9.64 Å². The van der Waals surface area contributed by atoms with Crippen molar-refractivity contribution in [1.82, 2.24) is 4.98 Å². The van der Waals surface area contributed by atoms with Gasteiger partial charge in [0, 0.05) is 19.7 Å². The number of rotatable bonds is 4. The first-order valence-corrected chi connectivity index (χ1v) is 6.73. The minimum Gasteiger partial charge on any atom is -0.492 e.